The molecule has 1 aromatic rings. The van der Waals surface area contributed by atoms with Crippen LogP contribution < -0.4 is 10.1 Å². The zero-order valence-electron chi connectivity index (χ0n) is 19.0. The minimum Gasteiger partial charge on any atom is -0.497 e. The average Bonchev–Trinajstić information content (AvgIpc) is 3.40. The molecule has 6 nitrogen and oxygen atoms in total. The Hall–Kier alpha value is -1.06. The summed E-state index contributed by atoms with van der Waals surface area (Å²) in [5, 5.41) is 3.53. The lowest BCUT2D eigenvalue weighted by atomic mass is 9.87. The topological polar surface area (TPSA) is 49.3 Å². The van der Waals surface area contributed by atoms with Crippen molar-refractivity contribution in [3.63, 3.8) is 0 Å². The summed E-state index contributed by atoms with van der Waals surface area (Å²) in [5.41, 5.74) is 1.59. The Morgan fingerprint density at radius 3 is 2.73 bits per heavy atom. The van der Waals surface area contributed by atoms with Crippen molar-refractivity contribution < 1.29 is 9.47 Å². The molecule has 2 atom stereocenters. The van der Waals surface area contributed by atoms with Crippen molar-refractivity contribution in [2.45, 2.75) is 39.7 Å². The molecule has 2 saturated heterocycles. The molecule has 0 aromatic heterocycles. The molecule has 0 radical (unpaired) electrons. The van der Waals surface area contributed by atoms with E-state index in [0.717, 1.165) is 64.2 Å². The zero-order valence-corrected chi connectivity index (χ0v) is 21.4. The molecule has 2 aliphatic heterocycles. The van der Waals surface area contributed by atoms with Gasteiger partial charge in [0.15, 0.2) is 5.96 Å². The number of halogens is 1. The van der Waals surface area contributed by atoms with Crippen molar-refractivity contribution in [3.8, 4) is 5.75 Å². The maximum Gasteiger partial charge on any atom is 0.194 e. The number of ether oxygens (including phenoxy) is 2. The standard InChI is InChI=1S/C23H38N4O2.HI/c1-5-24-22(27-13-11-23(17-27)12-14-29-18-23)25-16-21(26(6-2)7-3)19-9-8-10-20(15-19)28-4;/h8-10,15,21H,5-7,11-14,16-18H2,1-4H3,(H,24,25);1H. The number of methoxy groups -OCH3 is 1. The maximum atomic E-state index is 5.70. The Bertz CT molecular complexity index is 675. The highest BCUT2D eigenvalue weighted by atomic mass is 127. The second-order valence-corrected chi connectivity index (χ2v) is 8.18. The third-order valence-electron chi connectivity index (χ3n) is 6.40. The minimum atomic E-state index is 0. The number of hydrogen-bond donors (Lipinski definition) is 1. The summed E-state index contributed by atoms with van der Waals surface area (Å²) in [6.45, 7) is 14.1. The Morgan fingerprint density at radius 1 is 1.30 bits per heavy atom. The molecule has 0 bridgehead atoms. The molecule has 30 heavy (non-hydrogen) atoms. The summed E-state index contributed by atoms with van der Waals surface area (Å²) < 4.78 is 11.2. The van der Waals surface area contributed by atoms with Crippen molar-refractivity contribution in [1.82, 2.24) is 15.1 Å². The Kier molecular flexibility index (Phi) is 10.2. The molecule has 0 saturated carbocycles. The van der Waals surface area contributed by atoms with Gasteiger partial charge in [0.2, 0.25) is 0 Å². The summed E-state index contributed by atoms with van der Waals surface area (Å²) >= 11 is 0. The van der Waals surface area contributed by atoms with Gasteiger partial charge in [-0.3, -0.25) is 9.89 Å². The van der Waals surface area contributed by atoms with E-state index in [1.54, 1.807) is 7.11 Å². The Morgan fingerprint density at radius 2 is 2.10 bits per heavy atom. The molecule has 170 valence electrons. The van der Waals surface area contributed by atoms with Gasteiger partial charge in [0.25, 0.3) is 0 Å². The van der Waals surface area contributed by atoms with Crippen LogP contribution in [0.2, 0.25) is 0 Å². The van der Waals surface area contributed by atoms with Gasteiger partial charge >= 0.3 is 0 Å². The fraction of sp³-hybridized carbons (Fsp3) is 0.696. The third-order valence-corrected chi connectivity index (χ3v) is 6.40. The van der Waals surface area contributed by atoms with E-state index < -0.39 is 0 Å². The summed E-state index contributed by atoms with van der Waals surface area (Å²) in [7, 11) is 1.73. The fourth-order valence-electron chi connectivity index (χ4n) is 4.63. The van der Waals surface area contributed by atoms with Crippen molar-refractivity contribution in [3.05, 3.63) is 29.8 Å². The molecule has 2 fully saturated rings. The number of aliphatic imine (C=N–C) groups is 1. The minimum absolute atomic E-state index is 0. The van der Waals surface area contributed by atoms with Crippen LogP contribution in [0.1, 0.15) is 45.2 Å². The molecule has 3 rings (SSSR count). The lowest BCUT2D eigenvalue weighted by Gasteiger charge is -2.30. The summed E-state index contributed by atoms with van der Waals surface area (Å²) in [6.07, 6.45) is 2.38. The number of likely N-dealkylation sites (tertiary alicyclic amines) is 1. The monoisotopic (exact) mass is 530 g/mol. The van der Waals surface area contributed by atoms with Crippen LogP contribution in [0.4, 0.5) is 0 Å². The molecule has 0 amide bonds. The first-order chi connectivity index (χ1) is 14.1. The van der Waals surface area contributed by atoms with Gasteiger partial charge in [-0.25, -0.2) is 0 Å². The predicted octanol–water partition coefficient (Wildman–Crippen LogP) is 3.77. The number of benzene rings is 1. The first kappa shape index (κ1) is 25.2. The van der Waals surface area contributed by atoms with E-state index in [4.69, 9.17) is 14.5 Å². The maximum absolute atomic E-state index is 5.70. The van der Waals surface area contributed by atoms with Gasteiger partial charge in [0.1, 0.15) is 5.75 Å². The highest BCUT2D eigenvalue weighted by Crippen LogP contribution is 2.38. The normalized spacial score (nSPS) is 22.4. The van der Waals surface area contributed by atoms with Gasteiger partial charge in [-0.2, -0.15) is 0 Å². The number of likely N-dealkylation sites (N-methyl/N-ethyl adjacent to an activating group) is 1. The zero-order chi connectivity index (χ0) is 20.7. The molecule has 0 aliphatic carbocycles. The molecule has 1 aromatic carbocycles. The molecule has 2 heterocycles. The second kappa shape index (κ2) is 12.1. The number of nitrogens with one attached hydrogen (secondary N) is 1. The first-order valence-corrected chi connectivity index (χ1v) is 11.1. The van der Waals surface area contributed by atoms with Crippen LogP contribution >= 0.6 is 24.0 Å². The second-order valence-electron chi connectivity index (χ2n) is 8.18. The van der Waals surface area contributed by atoms with Crippen LogP contribution in [0.25, 0.3) is 0 Å². The van der Waals surface area contributed by atoms with Gasteiger partial charge in [-0.1, -0.05) is 26.0 Å². The van der Waals surface area contributed by atoms with E-state index in [1.807, 2.05) is 6.07 Å². The van der Waals surface area contributed by atoms with Crippen molar-refractivity contribution in [2.75, 3.05) is 59.6 Å². The molecular formula is C23H39IN4O2. The van der Waals surface area contributed by atoms with Crippen molar-refractivity contribution in [1.29, 1.82) is 0 Å². The van der Waals surface area contributed by atoms with Crippen molar-refractivity contribution >= 4 is 29.9 Å². The molecule has 7 heteroatoms. The molecule has 1 N–H and O–H groups in total. The van der Waals surface area contributed by atoms with E-state index >= 15 is 0 Å². The van der Waals surface area contributed by atoms with Gasteiger partial charge < -0.3 is 19.7 Å². The van der Waals surface area contributed by atoms with E-state index in [1.165, 1.54) is 18.4 Å². The van der Waals surface area contributed by atoms with E-state index in [9.17, 15) is 0 Å². The highest BCUT2D eigenvalue weighted by molar-refractivity contribution is 14.0. The van der Waals surface area contributed by atoms with Gasteiger partial charge in [-0.05, 0) is 50.6 Å². The number of guanidine groups is 1. The lowest BCUT2D eigenvalue weighted by molar-refractivity contribution is 0.156. The van der Waals surface area contributed by atoms with Crippen LogP contribution in [-0.4, -0.2) is 75.4 Å². The number of rotatable bonds is 8. The Labute approximate surface area is 199 Å². The number of hydrogen-bond acceptors (Lipinski definition) is 4. The van der Waals surface area contributed by atoms with Crippen LogP contribution in [0.3, 0.4) is 0 Å². The molecule has 1 spiro atoms. The molecule has 2 aliphatic rings. The van der Waals surface area contributed by atoms with Gasteiger partial charge in [0, 0.05) is 31.7 Å². The third kappa shape index (κ3) is 6.01. The Balaban J connectivity index is 0.00000320. The summed E-state index contributed by atoms with van der Waals surface area (Å²) in [5.74, 6) is 1.94. The van der Waals surface area contributed by atoms with Gasteiger partial charge in [0.05, 0.1) is 26.3 Å². The molecule has 2 unspecified atom stereocenters. The SMILES string of the molecule is CCNC(=NCC(c1cccc(OC)c1)N(CC)CC)N1CCC2(CCOC2)C1.I. The smallest absolute Gasteiger partial charge is 0.194 e. The van der Waals surface area contributed by atoms with Crippen LogP contribution in [0.15, 0.2) is 29.3 Å². The van der Waals surface area contributed by atoms with Crippen LogP contribution in [0.5, 0.6) is 5.75 Å². The quantitative estimate of drug-likeness (QED) is 0.315. The lowest BCUT2D eigenvalue weighted by Crippen LogP contribution is -2.42. The van der Waals surface area contributed by atoms with E-state index in [0.29, 0.717) is 5.41 Å². The van der Waals surface area contributed by atoms with E-state index in [2.05, 4.69) is 54.1 Å². The van der Waals surface area contributed by atoms with Crippen LogP contribution in [-0.2, 0) is 4.74 Å². The van der Waals surface area contributed by atoms with Gasteiger partial charge in [-0.15, -0.1) is 24.0 Å². The highest BCUT2D eigenvalue weighted by Gasteiger charge is 2.42. The van der Waals surface area contributed by atoms with Crippen LogP contribution in [0, 0.1) is 5.41 Å². The average molecular weight is 530 g/mol. The summed E-state index contributed by atoms with van der Waals surface area (Å²) in [4.78, 5) is 10.0. The van der Waals surface area contributed by atoms with E-state index in [-0.39, 0.29) is 30.0 Å². The summed E-state index contributed by atoms with van der Waals surface area (Å²) in [6, 6.07) is 8.65. The fourth-order valence-corrected chi connectivity index (χ4v) is 4.63. The predicted molar refractivity (Wildman–Crippen MR) is 134 cm³/mol. The molecular weight excluding hydrogens is 491 g/mol. The van der Waals surface area contributed by atoms with Crippen molar-refractivity contribution in [2.24, 2.45) is 10.4 Å². The number of nitrogens with zero attached hydrogens (tertiary/aromatic N) is 3. The largest absolute Gasteiger partial charge is 0.497 e. The first-order valence-electron chi connectivity index (χ1n) is 11.1.